The minimum atomic E-state index is -1.56. The smallest absolute Gasteiger partial charge is 0.328 e. The van der Waals surface area contributed by atoms with E-state index in [1.807, 2.05) is 0 Å². The second-order valence-electron chi connectivity index (χ2n) is 7.11. The molecule has 0 fully saturated rings. The summed E-state index contributed by atoms with van der Waals surface area (Å²) in [6.07, 6.45) is 0.308. The lowest BCUT2D eigenvalue weighted by Crippen LogP contribution is -2.59. The predicted octanol–water partition coefficient (Wildman–Crippen LogP) is -4.45. The van der Waals surface area contributed by atoms with Crippen LogP contribution in [0.5, 0.6) is 0 Å². The Kier molecular flexibility index (Phi) is 12.8. The van der Waals surface area contributed by atoms with Gasteiger partial charge in [0.25, 0.3) is 0 Å². The lowest BCUT2D eigenvalue weighted by Gasteiger charge is -2.26. The van der Waals surface area contributed by atoms with Crippen molar-refractivity contribution in [3.63, 3.8) is 0 Å². The Labute approximate surface area is 179 Å². The van der Waals surface area contributed by atoms with Gasteiger partial charge in [0, 0.05) is 6.54 Å². The number of carboxylic acid groups (broad SMARTS) is 1. The molecule has 0 aromatic carbocycles. The zero-order chi connectivity index (χ0) is 24.1. The fourth-order valence-electron chi connectivity index (χ4n) is 2.37. The third-order valence-corrected chi connectivity index (χ3v) is 4.16. The predicted molar refractivity (Wildman–Crippen MR) is 110 cm³/mol. The molecule has 0 saturated heterocycles. The first kappa shape index (κ1) is 28.0. The van der Waals surface area contributed by atoms with Crippen molar-refractivity contribution >= 4 is 29.7 Å². The van der Waals surface area contributed by atoms with Crippen LogP contribution in [0.4, 0.5) is 0 Å². The molecule has 14 nitrogen and oxygen atoms in total. The lowest BCUT2D eigenvalue weighted by atomic mass is 10.0. The Bertz CT molecular complexity index is 653. The maximum absolute atomic E-state index is 12.7. The van der Waals surface area contributed by atoms with E-state index in [0.29, 0.717) is 0 Å². The number of guanidine groups is 1. The maximum Gasteiger partial charge on any atom is 0.328 e. The molecule has 0 rings (SSSR count). The number of carbonyl (C=O) groups excluding carboxylic acids is 3. The van der Waals surface area contributed by atoms with Crippen molar-refractivity contribution in [2.45, 2.75) is 50.9 Å². The van der Waals surface area contributed by atoms with Crippen molar-refractivity contribution in [2.75, 3.05) is 19.8 Å². The number of nitrogens with zero attached hydrogens (tertiary/aromatic N) is 1. The molecule has 14 heteroatoms. The van der Waals surface area contributed by atoms with E-state index in [1.54, 1.807) is 13.8 Å². The van der Waals surface area contributed by atoms with Gasteiger partial charge in [0.2, 0.25) is 17.7 Å². The number of hydrogen-bond donors (Lipinski definition) is 9. The van der Waals surface area contributed by atoms with Gasteiger partial charge in [-0.05, 0) is 18.8 Å². The summed E-state index contributed by atoms with van der Waals surface area (Å²) in [6, 6.07) is -5.06. The molecule has 0 aliphatic carbocycles. The second-order valence-corrected chi connectivity index (χ2v) is 7.11. The highest BCUT2D eigenvalue weighted by Gasteiger charge is 2.31. The molecule has 0 radical (unpaired) electrons. The number of hydrogen-bond acceptors (Lipinski definition) is 8. The zero-order valence-corrected chi connectivity index (χ0v) is 17.6. The summed E-state index contributed by atoms with van der Waals surface area (Å²) in [5, 5.41) is 34.1. The molecule has 0 heterocycles. The van der Waals surface area contributed by atoms with Gasteiger partial charge < -0.3 is 48.5 Å². The number of carbonyl (C=O) groups is 4. The number of carboxylic acids is 1. The monoisotopic (exact) mass is 447 g/mol. The molecule has 0 aliphatic rings. The van der Waals surface area contributed by atoms with Crippen LogP contribution < -0.4 is 33.2 Å². The molecule has 0 aliphatic heterocycles. The van der Waals surface area contributed by atoms with Crippen molar-refractivity contribution in [2.24, 2.45) is 28.1 Å². The van der Waals surface area contributed by atoms with Crippen LogP contribution in [0.2, 0.25) is 0 Å². The van der Waals surface area contributed by atoms with Crippen LogP contribution in [-0.2, 0) is 19.2 Å². The average molecular weight is 447 g/mol. The third-order valence-electron chi connectivity index (χ3n) is 4.16. The maximum atomic E-state index is 12.7. The van der Waals surface area contributed by atoms with Crippen molar-refractivity contribution in [3.8, 4) is 0 Å². The topological polar surface area (TPSA) is 255 Å². The van der Waals surface area contributed by atoms with E-state index in [2.05, 4.69) is 20.9 Å². The van der Waals surface area contributed by atoms with Crippen LogP contribution in [0.15, 0.2) is 4.99 Å². The summed E-state index contributed by atoms with van der Waals surface area (Å²) in [5.41, 5.74) is 15.9. The largest absolute Gasteiger partial charge is 0.480 e. The Morgan fingerprint density at radius 2 is 1.48 bits per heavy atom. The minimum absolute atomic E-state index is 0.0427. The molecule has 0 bridgehead atoms. The molecular weight excluding hydrogens is 414 g/mol. The summed E-state index contributed by atoms with van der Waals surface area (Å²) >= 11 is 0. The molecule has 4 unspecified atom stereocenters. The number of aliphatic hydroxyl groups is 2. The fourth-order valence-corrected chi connectivity index (χ4v) is 2.37. The first-order valence-corrected chi connectivity index (χ1v) is 9.61. The minimum Gasteiger partial charge on any atom is -0.480 e. The Balaban J connectivity index is 5.40. The van der Waals surface area contributed by atoms with Crippen LogP contribution in [0.1, 0.15) is 26.7 Å². The van der Waals surface area contributed by atoms with E-state index in [-0.39, 0.29) is 25.3 Å². The van der Waals surface area contributed by atoms with Crippen LogP contribution >= 0.6 is 0 Å². The van der Waals surface area contributed by atoms with Gasteiger partial charge in [-0.2, -0.15) is 0 Å². The van der Waals surface area contributed by atoms with Gasteiger partial charge in [-0.25, -0.2) is 4.79 Å². The number of rotatable bonds is 14. The zero-order valence-electron chi connectivity index (χ0n) is 17.6. The molecule has 31 heavy (non-hydrogen) atoms. The van der Waals surface area contributed by atoms with Crippen molar-refractivity contribution in [1.82, 2.24) is 16.0 Å². The molecule has 0 spiro atoms. The highest BCUT2D eigenvalue weighted by atomic mass is 16.4. The molecule has 0 saturated carbocycles. The van der Waals surface area contributed by atoms with Gasteiger partial charge in [0.1, 0.15) is 24.2 Å². The third kappa shape index (κ3) is 10.6. The van der Waals surface area contributed by atoms with Gasteiger partial charge in [-0.15, -0.1) is 0 Å². The normalized spacial score (nSPS) is 14.6. The molecule has 4 atom stereocenters. The number of nitrogens with two attached hydrogens (primary N) is 3. The second kappa shape index (κ2) is 14.1. The summed E-state index contributed by atoms with van der Waals surface area (Å²) in [4.78, 5) is 52.1. The van der Waals surface area contributed by atoms with E-state index in [9.17, 15) is 19.2 Å². The first-order valence-electron chi connectivity index (χ1n) is 9.61. The molecule has 3 amide bonds. The summed E-state index contributed by atoms with van der Waals surface area (Å²) in [6.45, 7) is 1.98. The highest BCUT2D eigenvalue weighted by Crippen LogP contribution is 2.06. The summed E-state index contributed by atoms with van der Waals surface area (Å²) < 4.78 is 0. The average Bonchev–Trinajstić information content (AvgIpc) is 2.70. The van der Waals surface area contributed by atoms with Gasteiger partial charge in [-0.3, -0.25) is 19.4 Å². The van der Waals surface area contributed by atoms with E-state index in [4.69, 9.17) is 32.5 Å². The molecule has 178 valence electrons. The quantitative estimate of drug-likeness (QED) is 0.0700. The summed E-state index contributed by atoms with van der Waals surface area (Å²) in [7, 11) is 0. The lowest BCUT2D eigenvalue weighted by molar-refractivity contribution is -0.143. The number of aliphatic hydroxyl groups excluding tert-OH is 2. The standard InChI is InChI=1S/C17H33N7O7/c1-8(2)12(24-13(27)9(18)6-25)15(29)22-10(4-3-5-21-17(19)20)14(28)23-11(7-26)16(30)31/h8-12,25-26H,3-7,18H2,1-2H3,(H,22,29)(H,23,28)(H,24,27)(H,30,31)(H4,19,20,21). The van der Waals surface area contributed by atoms with Gasteiger partial charge in [0.15, 0.2) is 5.96 Å². The number of aliphatic imine (C=N–C) groups is 1. The van der Waals surface area contributed by atoms with Crippen molar-refractivity contribution in [1.29, 1.82) is 0 Å². The Hall–Kier alpha value is -2.97. The fraction of sp³-hybridized carbons (Fsp3) is 0.706. The van der Waals surface area contributed by atoms with E-state index in [0.717, 1.165) is 0 Å². The van der Waals surface area contributed by atoms with Gasteiger partial charge >= 0.3 is 5.97 Å². The molecule has 0 aromatic rings. The Morgan fingerprint density at radius 3 is 1.94 bits per heavy atom. The molecule has 0 aromatic heterocycles. The van der Waals surface area contributed by atoms with Crippen molar-refractivity contribution < 1.29 is 34.5 Å². The summed E-state index contributed by atoms with van der Waals surface area (Å²) in [5.74, 6) is -4.32. The van der Waals surface area contributed by atoms with Gasteiger partial charge in [0.05, 0.1) is 13.2 Å². The van der Waals surface area contributed by atoms with Gasteiger partial charge in [-0.1, -0.05) is 13.8 Å². The number of nitrogens with one attached hydrogen (secondary N) is 3. The van der Waals surface area contributed by atoms with Crippen LogP contribution in [0.25, 0.3) is 0 Å². The number of amides is 3. The SMILES string of the molecule is CC(C)C(NC(=O)C(N)CO)C(=O)NC(CCCN=C(N)N)C(=O)NC(CO)C(=O)O. The van der Waals surface area contributed by atoms with Crippen LogP contribution in [-0.4, -0.2) is 88.9 Å². The van der Waals surface area contributed by atoms with E-state index < -0.39 is 67.0 Å². The Morgan fingerprint density at radius 1 is 0.903 bits per heavy atom. The number of aliphatic carboxylic acids is 1. The van der Waals surface area contributed by atoms with Crippen LogP contribution in [0, 0.1) is 5.92 Å². The highest BCUT2D eigenvalue weighted by molar-refractivity contribution is 5.94. The molecular formula is C17H33N7O7. The van der Waals surface area contributed by atoms with E-state index >= 15 is 0 Å². The van der Waals surface area contributed by atoms with Crippen molar-refractivity contribution in [3.05, 3.63) is 0 Å². The van der Waals surface area contributed by atoms with Crippen LogP contribution in [0.3, 0.4) is 0 Å². The first-order chi connectivity index (χ1) is 14.4. The van der Waals surface area contributed by atoms with E-state index in [1.165, 1.54) is 0 Å². The molecule has 12 N–H and O–H groups in total.